The smallest absolute Gasteiger partial charge is 0.292 e. The lowest BCUT2D eigenvalue weighted by Gasteiger charge is -2.35. The number of furan rings is 1. The predicted octanol–water partition coefficient (Wildman–Crippen LogP) is 3.96. The Labute approximate surface area is 190 Å². The number of benzene rings is 2. The van der Waals surface area contributed by atoms with E-state index in [2.05, 4.69) is 5.32 Å². The number of hydrogen-bond donors (Lipinski definition) is 1. The van der Waals surface area contributed by atoms with Crippen LogP contribution in [0.15, 0.2) is 70.2 Å². The molecule has 0 radical (unpaired) electrons. The number of nitrogens with one attached hydrogen (secondary N) is 1. The van der Waals surface area contributed by atoms with Gasteiger partial charge in [-0.15, -0.1) is 0 Å². The molecule has 0 atom stereocenters. The normalized spacial score (nSPS) is 15.0. The van der Waals surface area contributed by atoms with Crippen LogP contribution in [0.5, 0.6) is 0 Å². The molecule has 2 aromatic carbocycles. The first-order valence-corrected chi connectivity index (χ1v) is 11.7. The Kier molecular flexibility index (Phi) is 6.35. The van der Waals surface area contributed by atoms with Crippen molar-refractivity contribution in [2.45, 2.75) is 11.4 Å². The first-order valence-electron chi connectivity index (χ1n) is 9.90. The van der Waals surface area contributed by atoms with E-state index in [1.165, 1.54) is 22.5 Å². The second-order valence-electron chi connectivity index (χ2n) is 7.24. The average Bonchev–Trinajstić information content (AvgIpc) is 3.31. The van der Waals surface area contributed by atoms with Gasteiger partial charge in [0, 0.05) is 43.0 Å². The third-order valence-corrected chi connectivity index (χ3v) is 7.43. The zero-order chi connectivity index (χ0) is 22.7. The average molecular weight is 477 g/mol. The third kappa shape index (κ3) is 4.72. The van der Waals surface area contributed by atoms with Crippen molar-refractivity contribution in [3.63, 3.8) is 0 Å². The SMILES string of the molecule is O=[N+]([O-])c1ccc(N2CCN(S(=O)(=O)c3ccc(Cl)cc3)CC2)cc1NCc1ccco1. The van der Waals surface area contributed by atoms with Crippen molar-refractivity contribution in [2.24, 2.45) is 0 Å². The summed E-state index contributed by atoms with van der Waals surface area (Å²) in [6, 6.07) is 14.5. The van der Waals surface area contributed by atoms with Gasteiger partial charge in [0.05, 0.1) is 22.6 Å². The summed E-state index contributed by atoms with van der Waals surface area (Å²) in [5.41, 5.74) is 1.12. The molecule has 168 valence electrons. The third-order valence-electron chi connectivity index (χ3n) is 5.27. The van der Waals surface area contributed by atoms with Crippen LogP contribution in [0.4, 0.5) is 17.1 Å². The van der Waals surface area contributed by atoms with Gasteiger partial charge in [0.25, 0.3) is 5.69 Å². The van der Waals surface area contributed by atoms with Gasteiger partial charge in [-0.1, -0.05) is 11.6 Å². The first kappa shape index (κ1) is 22.1. The van der Waals surface area contributed by atoms with Crippen LogP contribution in [-0.2, 0) is 16.6 Å². The largest absolute Gasteiger partial charge is 0.467 e. The molecule has 4 rings (SSSR count). The van der Waals surface area contributed by atoms with Crippen LogP contribution in [0.3, 0.4) is 0 Å². The maximum absolute atomic E-state index is 12.9. The minimum atomic E-state index is -3.61. The lowest BCUT2D eigenvalue weighted by molar-refractivity contribution is -0.384. The molecule has 9 nitrogen and oxygen atoms in total. The van der Waals surface area contributed by atoms with Gasteiger partial charge in [0.2, 0.25) is 10.0 Å². The number of piperazine rings is 1. The van der Waals surface area contributed by atoms with Crippen LogP contribution in [0.2, 0.25) is 5.02 Å². The van der Waals surface area contributed by atoms with Crippen molar-refractivity contribution < 1.29 is 17.8 Å². The van der Waals surface area contributed by atoms with E-state index in [0.29, 0.717) is 49.2 Å². The monoisotopic (exact) mass is 476 g/mol. The van der Waals surface area contributed by atoms with Gasteiger partial charge in [-0.2, -0.15) is 4.31 Å². The Balaban J connectivity index is 1.47. The molecule has 0 aliphatic carbocycles. The quantitative estimate of drug-likeness (QED) is 0.406. The molecule has 11 heteroatoms. The molecule has 3 aromatic rings. The Morgan fingerprint density at radius 3 is 2.41 bits per heavy atom. The van der Waals surface area contributed by atoms with E-state index >= 15 is 0 Å². The number of sulfonamides is 1. The second kappa shape index (κ2) is 9.19. The molecule has 0 bridgehead atoms. The Morgan fingerprint density at radius 1 is 1.06 bits per heavy atom. The van der Waals surface area contributed by atoms with Gasteiger partial charge in [-0.3, -0.25) is 10.1 Å². The van der Waals surface area contributed by atoms with Crippen LogP contribution in [0.25, 0.3) is 0 Å². The van der Waals surface area contributed by atoms with E-state index in [4.69, 9.17) is 16.0 Å². The van der Waals surface area contributed by atoms with Gasteiger partial charge in [0.1, 0.15) is 11.4 Å². The maximum atomic E-state index is 12.9. The predicted molar refractivity (Wildman–Crippen MR) is 122 cm³/mol. The fourth-order valence-electron chi connectivity index (χ4n) is 3.56. The van der Waals surface area contributed by atoms with E-state index in [0.717, 1.165) is 5.69 Å². The van der Waals surface area contributed by atoms with Gasteiger partial charge in [-0.05, 0) is 48.5 Å². The molecular formula is C21H21ClN4O5S. The molecule has 0 unspecified atom stereocenters. The minimum absolute atomic E-state index is 0.0377. The highest BCUT2D eigenvalue weighted by Gasteiger charge is 2.29. The van der Waals surface area contributed by atoms with Crippen molar-refractivity contribution in [1.29, 1.82) is 0 Å². The van der Waals surface area contributed by atoms with Crippen molar-refractivity contribution in [2.75, 3.05) is 36.4 Å². The van der Waals surface area contributed by atoms with Gasteiger partial charge in [-0.25, -0.2) is 8.42 Å². The molecule has 1 N–H and O–H groups in total. The van der Waals surface area contributed by atoms with Crippen molar-refractivity contribution in [1.82, 2.24) is 4.31 Å². The fourth-order valence-corrected chi connectivity index (χ4v) is 5.11. The number of hydrogen-bond acceptors (Lipinski definition) is 7. The fraction of sp³-hybridized carbons (Fsp3) is 0.238. The van der Waals surface area contributed by atoms with Crippen LogP contribution in [0.1, 0.15) is 5.76 Å². The van der Waals surface area contributed by atoms with E-state index in [1.54, 1.807) is 42.7 Å². The van der Waals surface area contributed by atoms with Crippen molar-refractivity contribution in [3.05, 3.63) is 81.8 Å². The number of rotatable bonds is 7. The summed E-state index contributed by atoms with van der Waals surface area (Å²) in [5, 5.41) is 15.0. The number of anilines is 2. The first-order chi connectivity index (χ1) is 15.3. The molecule has 1 aliphatic rings. The van der Waals surface area contributed by atoms with E-state index in [9.17, 15) is 18.5 Å². The van der Waals surface area contributed by atoms with E-state index in [1.807, 2.05) is 4.90 Å². The van der Waals surface area contributed by atoms with Crippen LogP contribution >= 0.6 is 11.6 Å². The molecular weight excluding hydrogens is 456 g/mol. The highest BCUT2D eigenvalue weighted by atomic mass is 35.5. The molecule has 32 heavy (non-hydrogen) atoms. The van der Waals surface area contributed by atoms with Crippen molar-refractivity contribution >= 4 is 38.7 Å². The molecule has 0 spiro atoms. The lowest BCUT2D eigenvalue weighted by atomic mass is 10.2. The lowest BCUT2D eigenvalue weighted by Crippen LogP contribution is -2.48. The second-order valence-corrected chi connectivity index (χ2v) is 9.61. The van der Waals surface area contributed by atoms with E-state index in [-0.39, 0.29) is 10.6 Å². The minimum Gasteiger partial charge on any atom is -0.467 e. The molecule has 1 saturated heterocycles. The highest BCUT2D eigenvalue weighted by molar-refractivity contribution is 7.89. The zero-order valence-electron chi connectivity index (χ0n) is 17.0. The highest BCUT2D eigenvalue weighted by Crippen LogP contribution is 2.31. The van der Waals surface area contributed by atoms with Gasteiger partial charge < -0.3 is 14.6 Å². The molecule has 0 amide bonds. The number of nitrogens with zero attached hydrogens (tertiary/aromatic N) is 3. The van der Waals surface area contributed by atoms with E-state index < -0.39 is 14.9 Å². The summed E-state index contributed by atoms with van der Waals surface area (Å²) in [6.45, 7) is 1.84. The number of nitro benzene ring substituents is 1. The molecule has 1 aromatic heterocycles. The summed E-state index contributed by atoms with van der Waals surface area (Å²) in [6.07, 6.45) is 1.54. The van der Waals surface area contributed by atoms with Crippen LogP contribution in [-0.4, -0.2) is 43.8 Å². The summed E-state index contributed by atoms with van der Waals surface area (Å²) in [7, 11) is -3.61. The standard InChI is InChI=1S/C21H21ClN4O5S/c22-16-3-6-19(7-4-16)32(29,30)25-11-9-24(10-12-25)17-5-8-21(26(27)28)20(14-17)23-15-18-2-1-13-31-18/h1-8,13-14,23H,9-12,15H2. The Hall–Kier alpha value is -3.08. The van der Waals surface area contributed by atoms with Crippen molar-refractivity contribution in [3.8, 4) is 0 Å². The van der Waals surface area contributed by atoms with Gasteiger partial charge in [0.15, 0.2) is 0 Å². The van der Waals surface area contributed by atoms with Crippen LogP contribution in [0, 0.1) is 10.1 Å². The summed E-state index contributed by atoms with van der Waals surface area (Å²) in [5.74, 6) is 0.658. The molecule has 1 fully saturated rings. The number of halogens is 1. The van der Waals surface area contributed by atoms with Crippen LogP contribution < -0.4 is 10.2 Å². The van der Waals surface area contributed by atoms with Gasteiger partial charge >= 0.3 is 0 Å². The summed E-state index contributed by atoms with van der Waals surface area (Å²) in [4.78, 5) is 13.2. The Morgan fingerprint density at radius 2 is 1.78 bits per heavy atom. The Bertz CT molecular complexity index is 1190. The maximum Gasteiger partial charge on any atom is 0.292 e. The molecule has 2 heterocycles. The molecule has 0 saturated carbocycles. The summed E-state index contributed by atoms with van der Waals surface area (Å²) < 4.78 is 32.5. The molecule has 1 aliphatic heterocycles. The zero-order valence-corrected chi connectivity index (χ0v) is 18.6. The summed E-state index contributed by atoms with van der Waals surface area (Å²) >= 11 is 5.86. The number of nitro groups is 1. The topological polar surface area (TPSA) is 109 Å².